The molecule has 0 atom stereocenters. The van der Waals surface area contributed by atoms with Crippen molar-refractivity contribution in [3.05, 3.63) is 85.6 Å². The zero-order chi connectivity index (χ0) is 19.4. The van der Waals surface area contributed by atoms with Gasteiger partial charge in [-0.3, -0.25) is 9.59 Å². The number of benzene rings is 2. The molecule has 0 fully saturated rings. The molecule has 0 saturated carbocycles. The van der Waals surface area contributed by atoms with E-state index < -0.39 is 5.91 Å². The van der Waals surface area contributed by atoms with Crippen LogP contribution in [0.4, 0.5) is 0 Å². The summed E-state index contributed by atoms with van der Waals surface area (Å²) in [5.41, 5.74) is 1.88. The molecular weight excluding hydrogens is 405 g/mol. The highest BCUT2D eigenvalue weighted by Crippen LogP contribution is 2.21. The summed E-state index contributed by atoms with van der Waals surface area (Å²) in [6.45, 7) is 0.526. The minimum atomic E-state index is -0.428. The van der Waals surface area contributed by atoms with E-state index in [1.165, 1.54) is 17.4 Å². The standard InChI is InChI=1S/C19H15Cl2N3O2S/c1-22-17(25)13-4-2-12(3-5-13)11-24-8-9-27-19(24)23-18(26)15-7-6-14(20)10-16(15)21/h2-10H,11H2,1H3,(H,22,25). The normalized spacial score (nSPS) is 11.4. The summed E-state index contributed by atoms with van der Waals surface area (Å²) >= 11 is 13.3. The van der Waals surface area contributed by atoms with Crippen LogP contribution in [0.3, 0.4) is 0 Å². The van der Waals surface area contributed by atoms with Crippen molar-refractivity contribution >= 4 is 46.4 Å². The molecule has 0 bridgehead atoms. The SMILES string of the molecule is CNC(=O)c1ccc(Cn2ccsc2=NC(=O)c2ccc(Cl)cc2Cl)cc1. The number of carbonyl (C=O) groups excluding carboxylic acids is 2. The van der Waals surface area contributed by atoms with E-state index in [0.717, 1.165) is 5.56 Å². The first-order chi connectivity index (χ1) is 13.0. The number of nitrogens with one attached hydrogen (secondary N) is 1. The van der Waals surface area contributed by atoms with Crippen molar-refractivity contribution in [2.24, 2.45) is 4.99 Å². The summed E-state index contributed by atoms with van der Waals surface area (Å²) in [5.74, 6) is -0.561. The zero-order valence-electron chi connectivity index (χ0n) is 14.3. The molecule has 3 aromatic rings. The fourth-order valence-electron chi connectivity index (χ4n) is 2.42. The Balaban J connectivity index is 1.84. The molecule has 0 unspecified atom stereocenters. The molecule has 0 aliphatic rings. The lowest BCUT2D eigenvalue weighted by Crippen LogP contribution is -2.18. The van der Waals surface area contributed by atoms with Crippen LogP contribution in [0, 0.1) is 0 Å². The monoisotopic (exact) mass is 419 g/mol. The van der Waals surface area contributed by atoms with Crippen LogP contribution in [0.25, 0.3) is 0 Å². The fourth-order valence-corrected chi connectivity index (χ4v) is 3.63. The Morgan fingerprint density at radius 1 is 1.15 bits per heavy atom. The highest BCUT2D eigenvalue weighted by atomic mass is 35.5. The highest BCUT2D eigenvalue weighted by molar-refractivity contribution is 7.07. The fraction of sp³-hybridized carbons (Fsp3) is 0.105. The molecule has 27 heavy (non-hydrogen) atoms. The topological polar surface area (TPSA) is 63.5 Å². The van der Waals surface area contributed by atoms with Crippen molar-refractivity contribution in [1.29, 1.82) is 0 Å². The number of thiazole rings is 1. The maximum absolute atomic E-state index is 12.5. The quantitative estimate of drug-likeness (QED) is 0.694. The molecule has 1 heterocycles. The summed E-state index contributed by atoms with van der Waals surface area (Å²) in [4.78, 5) is 28.8. The van der Waals surface area contributed by atoms with Crippen LogP contribution in [-0.4, -0.2) is 23.4 Å². The lowest BCUT2D eigenvalue weighted by Gasteiger charge is -2.05. The van der Waals surface area contributed by atoms with Crippen LogP contribution < -0.4 is 10.1 Å². The van der Waals surface area contributed by atoms with Gasteiger partial charge in [-0.2, -0.15) is 4.99 Å². The van der Waals surface area contributed by atoms with E-state index in [-0.39, 0.29) is 10.9 Å². The van der Waals surface area contributed by atoms with Crippen molar-refractivity contribution in [3.8, 4) is 0 Å². The molecule has 5 nitrogen and oxygen atoms in total. The number of halogens is 2. The van der Waals surface area contributed by atoms with Crippen molar-refractivity contribution in [2.75, 3.05) is 7.05 Å². The van der Waals surface area contributed by atoms with Gasteiger partial charge in [0.05, 0.1) is 10.6 Å². The highest BCUT2D eigenvalue weighted by Gasteiger charge is 2.10. The van der Waals surface area contributed by atoms with Gasteiger partial charge in [0.2, 0.25) is 0 Å². The molecule has 3 rings (SSSR count). The largest absolute Gasteiger partial charge is 0.355 e. The first-order valence-electron chi connectivity index (χ1n) is 7.97. The molecule has 2 aromatic carbocycles. The second-order valence-electron chi connectivity index (χ2n) is 5.63. The Labute approximate surface area is 169 Å². The van der Waals surface area contributed by atoms with Crippen molar-refractivity contribution in [2.45, 2.75) is 6.54 Å². The van der Waals surface area contributed by atoms with Crippen LogP contribution in [0.15, 0.2) is 59.0 Å². The lowest BCUT2D eigenvalue weighted by atomic mass is 10.1. The van der Waals surface area contributed by atoms with Gasteiger partial charge in [0.15, 0.2) is 4.80 Å². The predicted octanol–water partition coefficient (Wildman–Crippen LogP) is 4.01. The van der Waals surface area contributed by atoms with E-state index >= 15 is 0 Å². The van der Waals surface area contributed by atoms with Gasteiger partial charge in [-0.1, -0.05) is 35.3 Å². The number of amides is 2. The van der Waals surface area contributed by atoms with Crippen LogP contribution in [0.5, 0.6) is 0 Å². The van der Waals surface area contributed by atoms with Gasteiger partial charge in [-0.05, 0) is 35.9 Å². The van der Waals surface area contributed by atoms with Gasteiger partial charge >= 0.3 is 0 Å². The van der Waals surface area contributed by atoms with Gasteiger partial charge in [-0.25, -0.2) is 0 Å². The Morgan fingerprint density at radius 3 is 2.56 bits per heavy atom. The smallest absolute Gasteiger partial charge is 0.281 e. The van der Waals surface area contributed by atoms with Crippen molar-refractivity contribution in [3.63, 3.8) is 0 Å². The average Bonchev–Trinajstić information content (AvgIpc) is 3.08. The molecular formula is C19H15Cl2N3O2S. The third-order valence-corrected chi connectivity index (χ3v) is 5.16. The van der Waals surface area contributed by atoms with Crippen molar-refractivity contribution in [1.82, 2.24) is 9.88 Å². The molecule has 1 N–H and O–H groups in total. The first-order valence-corrected chi connectivity index (χ1v) is 9.60. The summed E-state index contributed by atoms with van der Waals surface area (Å²) in [6.07, 6.45) is 1.85. The molecule has 138 valence electrons. The maximum Gasteiger partial charge on any atom is 0.281 e. The summed E-state index contributed by atoms with van der Waals surface area (Å²) in [7, 11) is 1.59. The number of carbonyl (C=O) groups is 2. The Morgan fingerprint density at radius 2 is 1.89 bits per heavy atom. The third kappa shape index (κ3) is 4.66. The third-order valence-electron chi connectivity index (χ3n) is 3.81. The van der Waals surface area contributed by atoms with Gasteiger partial charge in [-0.15, -0.1) is 11.3 Å². The number of aromatic nitrogens is 1. The molecule has 0 saturated heterocycles. The van der Waals surface area contributed by atoms with Gasteiger partial charge in [0.25, 0.3) is 11.8 Å². The second kappa shape index (κ2) is 8.52. The minimum absolute atomic E-state index is 0.133. The maximum atomic E-state index is 12.5. The number of hydrogen-bond donors (Lipinski definition) is 1. The molecule has 0 spiro atoms. The molecule has 0 aliphatic carbocycles. The average molecular weight is 420 g/mol. The molecule has 2 amide bonds. The van der Waals surface area contributed by atoms with E-state index in [1.54, 1.807) is 31.3 Å². The van der Waals surface area contributed by atoms with E-state index in [9.17, 15) is 9.59 Å². The number of nitrogens with zero attached hydrogens (tertiary/aromatic N) is 2. The number of hydrogen-bond acceptors (Lipinski definition) is 3. The van der Waals surface area contributed by atoms with E-state index in [1.807, 2.05) is 28.3 Å². The summed E-state index contributed by atoms with van der Waals surface area (Å²) in [6, 6.07) is 11.9. The minimum Gasteiger partial charge on any atom is -0.355 e. The second-order valence-corrected chi connectivity index (χ2v) is 7.35. The molecule has 0 radical (unpaired) electrons. The molecule has 1 aromatic heterocycles. The number of rotatable bonds is 4. The van der Waals surface area contributed by atoms with E-state index in [4.69, 9.17) is 23.2 Å². The predicted molar refractivity (Wildman–Crippen MR) is 108 cm³/mol. The summed E-state index contributed by atoms with van der Waals surface area (Å²) < 4.78 is 1.86. The van der Waals surface area contributed by atoms with E-state index in [0.29, 0.717) is 27.5 Å². The molecule has 8 heteroatoms. The van der Waals surface area contributed by atoms with Crippen molar-refractivity contribution < 1.29 is 9.59 Å². The summed E-state index contributed by atoms with van der Waals surface area (Å²) in [5, 5.41) is 5.17. The van der Waals surface area contributed by atoms with Crippen LogP contribution >= 0.6 is 34.5 Å². The Hall–Kier alpha value is -2.41. The van der Waals surface area contributed by atoms with Crippen LogP contribution in [-0.2, 0) is 6.54 Å². The van der Waals surface area contributed by atoms with Crippen LogP contribution in [0.1, 0.15) is 26.3 Å². The van der Waals surface area contributed by atoms with E-state index in [2.05, 4.69) is 10.3 Å². The lowest BCUT2D eigenvalue weighted by molar-refractivity contribution is 0.0961. The van der Waals surface area contributed by atoms with Gasteiger partial charge in [0, 0.05) is 35.8 Å². The Bertz CT molecular complexity index is 1060. The van der Waals surface area contributed by atoms with Gasteiger partial charge in [0.1, 0.15) is 0 Å². The van der Waals surface area contributed by atoms with Crippen LogP contribution in [0.2, 0.25) is 10.0 Å². The first kappa shape index (κ1) is 19.4. The van der Waals surface area contributed by atoms with Gasteiger partial charge < -0.3 is 9.88 Å². The molecule has 0 aliphatic heterocycles. The Kier molecular flexibility index (Phi) is 6.11. The zero-order valence-corrected chi connectivity index (χ0v) is 16.6.